The van der Waals surface area contributed by atoms with Crippen molar-refractivity contribution < 1.29 is 14.3 Å². The minimum Gasteiger partial charge on any atom is -0.473 e. The van der Waals surface area contributed by atoms with Gasteiger partial charge in [0.15, 0.2) is 0 Å². The maximum absolute atomic E-state index is 12.7. The Morgan fingerprint density at radius 3 is 2.97 bits per heavy atom. The van der Waals surface area contributed by atoms with Gasteiger partial charge in [-0.05, 0) is 43.0 Å². The summed E-state index contributed by atoms with van der Waals surface area (Å²) in [6, 6.07) is 3.77. The van der Waals surface area contributed by atoms with E-state index in [9.17, 15) is 4.79 Å². The quantitative estimate of drug-likeness (QED) is 0.447. The lowest BCUT2D eigenvalue weighted by molar-refractivity contribution is 0.0240. The third-order valence-electron chi connectivity index (χ3n) is 5.21. The maximum Gasteiger partial charge on any atom is 0.261 e. The smallest absolute Gasteiger partial charge is 0.261 e. The first-order valence-electron chi connectivity index (χ1n) is 10.6. The molecule has 3 aromatic rings. The number of thioether (sulfide) groups is 1. The molecule has 0 saturated carbocycles. The summed E-state index contributed by atoms with van der Waals surface area (Å²) in [4.78, 5) is 27.4. The lowest BCUT2D eigenvalue weighted by Gasteiger charge is -2.23. The summed E-state index contributed by atoms with van der Waals surface area (Å²) in [5, 5.41) is 7.21. The van der Waals surface area contributed by atoms with Crippen LogP contribution in [0.4, 0.5) is 11.5 Å². The van der Waals surface area contributed by atoms with E-state index in [1.807, 2.05) is 19.1 Å². The summed E-state index contributed by atoms with van der Waals surface area (Å²) in [6.45, 7) is 3.99. The van der Waals surface area contributed by atoms with Crippen LogP contribution in [0.1, 0.15) is 34.5 Å². The SMILES string of the molecule is CSCCCNC(=O)c1sc2ncnc(Nc3cccnc3OC3CCOCC3)c2c1C. The van der Waals surface area contributed by atoms with Crippen molar-refractivity contribution in [2.24, 2.45) is 0 Å². The first kappa shape index (κ1) is 22.8. The summed E-state index contributed by atoms with van der Waals surface area (Å²) in [7, 11) is 0. The number of fused-ring (bicyclic) bond motifs is 1. The molecule has 1 saturated heterocycles. The minimum absolute atomic E-state index is 0.0672. The van der Waals surface area contributed by atoms with Crippen LogP contribution in [0.25, 0.3) is 10.2 Å². The van der Waals surface area contributed by atoms with E-state index in [0.717, 1.165) is 46.5 Å². The zero-order chi connectivity index (χ0) is 22.3. The Labute approximate surface area is 195 Å². The number of anilines is 2. The highest BCUT2D eigenvalue weighted by Crippen LogP contribution is 2.36. The number of thiophene rings is 1. The molecule has 0 atom stereocenters. The van der Waals surface area contributed by atoms with Gasteiger partial charge in [0.05, 0.1) is 23.5 Å². The molecule has 1 aliphatic rings. The molecule has 1 fully saturated rings. The van der Waals surface area contributed by atoms with Crippen molar-refractivity contribution in [1.29, 1.82) is 0 Å². The Hall–Kier alpha value is -2.43. The van der Waals surface area contributed by atoms with E-state index in [2.05, 4.69) is 31.8 Å². The molecular formula is C22H27N5O3S2. The van der Waals surface area contributed by atoms with E-state index in [0.29, 0.717) is 36.3 Å². The van der Waals surface area contributed by atoms with Crippen LogP contribution >= 0.6 is 23.1 Å². The fraction of sp³-hybridized carbons (Fsp3) is 0.455. The third kappa shape index (κ3) is 5.31. The number of carbonyl (C=O) groups excluding carboxylic acids is 1. The number of hydrogen-bond donors (Lipinski definition) is 2. The van der Waals surface area contributed by atoms with Gasteiger partial charge in [-0.25, -0.2) is 15.0 Å². The van der Waals surface area contributed by atoms with Crippen molar-refractivity contribution >= 4 is 50.7 Å². The molecule has 8 nitrogen and oxygen atoms in total. The van der Waals surface area contributed by atoms with Crippen LogP contribution in [0.2, 0.25) is 0 Å². The number of pyridine rings is 1. The van der Waals surface area contributed by atoms with Crippen molar-refractivity contribution in [3.05, 3.63) is 35.1 Å². The molecule has 0 aromatic carbocycles. The molecule has 4 heterocycles. The molecule has 1 aliphatic heterocycles. The molecular weight excluding hydrogens is 446 g/mol. The molecule has 0 unspecified atom stereocenters. The van der Waals surface area contributed by atoms with Crippen molar-refractivity contribution in [3.63, 3.8) is 0 Å². The third-order valence-corrected chi connectivity index (χ3v) is 7.11. The highest BCUT2D eigenvalue weighted by molar-refractivity contribution is 7.98. The van der Waals surface area contributed by atoms with Crippen molar-refractivity contribution in [1.82, 2.24) is 20.3 Å². The van der Waals surface area contributed by atoms with E-state index in [4.69, 9.17) is 9.47 Å². The molecule has 0 bridgehead atoms. The highest BCUT2D eigenvalue weighted by Gasteiger charge is 2.21. The van der Waals surface area contributed by atoms with Gasteiger partial charge in [0.25, 0.3) is 5.91 Å². The monoisotopic (exact) mass is 473 g/mol. The zero-order valence-electron chi connectivity index (χ0n) is 18.2. The van der Waals surface area contributed by atoms with Gasteiger partial charge in [0.2, 0.25) is 5.88 Å². The van der Waals surface area contributed by atoms with Crippen LogP contribution in [-0.4, -0.2) is 58.7 Å². The summed E-state index contributed by atoms with van der Waals surface area (Å²) >= 11 is 3.16. The number of aryl methyl sites for hydroxylation is 1. The van der Waals surface area contributed by atoms with Crippen LogP contribution < -0.4 is 15.4 Å². The Kier molecular flexibility index (Phi) is 7.77. The van der Waals surface area contributed by atoms with Gasteiger partial charge in [0, 0.05) is 25.6 Å². The number of amides is 1. The van der Waals surface area contributed by atoms with Crippen LogP contribution in [0.15, 0.2) is 24.7 Å². The first-order chi connectivity index (χ1) is 15.7. The maximum atomic E-state index is 12.7. The second-order valence-electron chi connectivity index (χ2n) is 7.47. The molecule has 1 amide bonds. The fourth-order valence-corrected chi connectivity index (χ4v) is 5.04. The van der Waals surface area contributed by atoms with E-state index in [1.54, 1.807) is 18.0 Å². The molecule has 4 rings (SSSR count). The van der Waals surface area contributed by atoms with Crippen LogP contribution in [0.3, 0.4) is 0 Å². The average molecular weight is 474 g/mol. The van der Waals surface area contributed by atoms with E-state index in [1.165, 1.54) is 17.7 Å². The molecule has 0 radical (unpaired) electrons. The summed E-state index contributed by atoms with van der Waals surface area (Å²) in [6.07, 6.45) is 7.99. The largest absolute Gasteiger partial charge is 0.473 e. The lowest BCUT2D eigenvalue weighted by atomic mass is 10.1. The molecule has 0 aliphatic carbocycles. The second kappa shape index (κ2) is 10.9. The van der Waals surface area contributed by atoms with E-state index in [-0.39, 0.29) is 12.0 Å². The number of rotatable bonds is 9. The van der Waals surface area contributed by atoms with Gasteiger partial charge < -0.3 is 20.1 Å². The Balaban J connectivity index is 1.56. The number of hydrogen-bond acceptors (Lipinski definition) is 9. The second-order valence-corrected chi connectivity index (χ2v) is 9.46. The predicted octanol–water partition coefficient (Wildman–Crippen LogP) is 4.18. The first-order valence-corrected chi connectivity index (χ1v) is 12.9. The van der Waals surface area contributed by atoms with Gasteiger partial charge in [-0.2, -0.15) is 11.8 Å². The van der Waals surface area contributed by atoms with Crippen LogP contribution in [0.5, 0.6) is 5.88 Å². The topological polar surface area (TPSA) is 98.3 Å². The zero-order valence-corrected chi connectivity index (χ0v) is 19.9. The Morgan fingerprint density at radius 2 is 2.16 bits per heavy atom. The van der Waals surface area contributed by atoms with E-state index >= 15 is 0 Å². The van der Waals surface area contributed by atoms with Gasteiger partial charge in [-0.1, -0.05) is 0 Å². The lowest BCUT2D eigenvalue weighted by Crippen LogP contribution is -2.26. The molecule has 10 heteroatoms. The van der Waals surface area contributed by atoms with E-state index < -0.39 is 0 Å². The van der Waals surface area contributed by atoms with Gasteiger partial charge in [-0.3, -0.25) is 4.79 Å². The van der Waals surface area contributed by atoms with Crippen molar-refractivity contribution in [3.8, 4) is 5.88 Å². The molecule has 2 N–H and O–H groups in total. The van der Waals surface area contributed by atoms with Crippen molar-refractivity contribution in [2.45, 2.75) is 32.3 Å². The number of aromatic nitrogens is 3. The normalized spacial score (nSPS) is 14.4. The number of nitrogens with zero attached hydrogens (tertiary/aromatic N) is 3. The molecule has 32 heavy (non-hydrogen) atoms. The standard InChI is InChI=1S/C22H27N5O3S2/c1-14-17-19(25-13-26-22(17)32-18(14)20(28)23-9-4-12-31-2)27-16-5-3-8-24-21(16)30-15-6-10-29-11-7-15/h3,5,8,13,15H,4,6-7,9-12H2,1-2H3,(H,23,28)(H,25,26,27). The molecule has 170 valence electrons. The fourth-order valence-electron chi connectivity index (χ4n) is 3.54. The van der Waals surface area contributed by atoms with Crippen LogP contribution in [-0.2, 0) is 4.74 Å². The number of nitrogens with one attached hydrogen (secondary N) is 2. The van der Waals surface area contributed by atoms with Crippen molar-refractivity contribution in [2.75, 3.05) is 37.1 Å². The molecule has 3 aromatic heterocycles. The van der Waals surface area contributed by atoms with Crippen LogP contribution in [0, 0.1) is 6.92 Å². The molecule has 0 spiro atoms. The summed E-state index contributed by atoms with van der Waals surface area (Å²) < 4.78 is 11.6. The predicted molar refractivity (Wildman–Crippen MR) is 129 cm³/mol. The summed E-state index contributed by atoms with van der Waals surface area (Å²) in [5.74, 6) is 2.12. The number of carbonyl (C=O) groups is 1. The average Bonchev–Trinajstić information content (AvgIpc) is 3.16. The minimum atomic E-state index is -0.0672. The highest BCUT2D eigenvalue weighted by atomic mass is 32.2. The number of ether oxygens (including phenoxy) is 2. The summed E-state index contributed by atoms with van der Waals surface area (Å²) in [5.41, 5.74) is 1.60. The van der Waals surface area contributed by atoms with Gasteiger partial charge >= 0.3 is 0 Å². The Bertz CT molecular complexity index is 1070. The Morgan fingerprint density at radius 1 is 1.31 bits per heavy atom. The van der Waals surface area contributed by atoms with Gasteiger partial charge in [-0.15, -0.1) is 11.3 Å². The van der Waals surface area contributed by atoms with Gasteiger partial charge in [0.1, 0.15) is 28.8 Å².